The van der Waals surface area contributed by atoms with E-state index < -0.39 is 5.97 Å². The van der Waals surface area contributed by atoms with Gasteiger partial charge in [-0.15, -0.1) is 11.8 Å². The lowest BCUT2D eigenvalue weighted by molar-refractivity contribution is 0.0693. The molecule has 0 atom stereocenters. The Hall–Kier alpha value is -2.01. The molecular formula is C14H13NO3S. The molecule has 0 saturated carbocycles. The minimum Gasteiger partial charge on any atom is -0.477 e. The summed E-state index contributed by atoms with van der Waals surface area (Å²) in [5.41, 5.74) is 0.0519. The van der Waals surface area contributed by atoms with E-state index in [4.69, 9.17) is 9.84 Å². The van der Waals surface area contributed by atoms with E-state index >= 15 is 0 Å². The van der Waals surface area contributed by atoms with Crippen molar-refractivity contribution >= 4 is 17.7 Å². The predicted octanol–water partition coefficient (Wildman–Crippen LogP) is 3.68. The van der Waals surface area contributed by atoms with Gasteiger partial charge in [0.05, 0.1) is 0 Å². The minimum atomic E-state index is -1.05. The summed E-state index contributed by atoms with van der Waals surface area (Å²) in [5.74, 6) is 0.600. The molecule has 2 rings (SSSR count). The van der Waals surface area contributed by atoms with Crippen molar-refractivity contribution < 1.29 is 14.6 Å². The van der Waals surface area contributed by atoms with Crippen molar-refractivity contribution in [3.8, 4) is 11.6 Å². The molecule has 5 heteroatoms. The molecule has 1 N–H and O–H groups in total. The van der Waals surface area contributed by atoms with E-state index in [-0.39, 0.29) is 11.4 Å². The fourth-order valence-corrected chi connectivity index (χ4v) is 2.25. The van der Waals surface area contributed by atoms with Crippen molar-refractivity contribution in [2.24, 2.45) is 0 Å². The van der Waals surface area contributed by atoms with Gasteiger partial charge in [0.2, 0.25) is 5.88 Å². The molecule has 1 heterocycles. The van der Waals surface area contributed by atoms with Gasteiger partial charge in [-0.05, 0) is 36.1 Å². The van der Waals surface area contributed by atoms with E-state index in [9.17, 15) is 4.79 Å². The summed E-state index contributed by atoms with van der Waals surface area (Å²) >= 11 is 1.69. The predicted molar refractivity (Wildman–Crippen MR) is 74.1 cm³/mol. The number of ether oxygens (including phenoxy) is 1. The van der Waals surface area contributed by atoms with Crippen molar-refractivity contribution in [1.29, 1.82) is 0 Å². The largest absolute Gasteiger partial charge is 0.477 e. The van der Waals surface area contributed by atoms with Gasteiger partial charge >= 0.3 is 5.97 Å². The van der Waals surface area contributed by atoms with Crippen LogP contribution >= 0.6 is 11.8 Å². The quantitative estimate of drug-likeness (QED) is 0.843. The smallest absolute Gasteiger partial charge is 0.341 e. The molecular weight excluding hydrogens is 262 g/mol. The van der Waals surface area contributed by atoms with Crippen LogP contribution in [0.15, 0.2) is 47.5 Å². The molecule has 2 aromatic rings. The average molecular weight is 275 g/mol. The normalized spacial score (nSPS) is 10.2. The topological polar surface area (TPSA) is 59.4 Å². The van der Waals surface area contributed by atoms with Crippen LogP contribution in [0.1, 0.15) is 17.3 Å². The van der Waals surface area contributed by atoms with Crippen LogP contribution < -0.4 is 4.74 Å². The first-order chi connectivity index (χ1) is 9.20. The van der Waals surface area contributed by atoms with Gasteiger partial charge in [-0.3, -0.25) is 0 Å². The highest BCUT2D eigenvalue weighted by atomic mass is 32.2. The van der Waals surface area contributed by atoms with Crippen molar-refractivity contribution in [3.05, 3.63) is 48.2 Å². The number of carbonyl (C=O) groups is 1. The van der Waals surface area contributed by atoms with Crippen molar-refractivity contribution in [3.63, 3.8) is 0 Å². The number of nitrogens with zero attached hydrogens (tertiary/aromatic N) is 1. The molecule has 0 amide bonds. The molecule has 0 aliphatic carbocycles. The number of carboxylic acid groups (broad SMARTS) is 1. The number of hydrogen-bond donors (Lipinski definition) is 1. The molecule has 0 spiro atoms. The summed E-state index contributed by atoms with van der Waals surface area (Å²) in [7, 11) is 0. The fourth-order valence-electron chi connectivity index (χ4n) is 1.54. The zero-order chi connectivity index (χ0) is 13.7. The summed E-state index contributed by atoms with van der Waals surface area (Å²) < 4.78 is 5.55. The maximum Gasteiger partial charge on any atom is 0.341 e. The number of aromatic carboxylic acids is 1. The Bertz CT molecular complexity index is 586. The highest BCUT2D eigenvalue weighted by molar-refractivity contribution is 7.99. The van der Waals surface area contributed by atoms with Gasteiger partial charge in [-0.1, -0.05) is 13.0 Å². The zero-order valence-corrected chi connectivity index (χ0v) is 11.2. The Labute approximate surface area is 115 Å². The number of carboxylic acids is 1. The van der Waals surface area contributed by atoms with Gasteiger partial charge in [-0.25, -0.2) is 9.78 Å². The van der Waals surface area contributed by atoms with Gasteiger partial charge in [0.15, 0.2) is 0 Å². The summed E-state index contributed by atoms with van der Waals surface area (Å²) in [6.45, 7) is 2.07. The van der Waals surface area contributed by atoms with Crippen LogP contribution in [0.25, 0.3) is 0 Å². The molecule has 0 saturated heterocycles. The van der Waals surface area contributed by atoms with Crippen molar-refractivity contribution in [1.82, 2.24) is 4.98 Å². The second kappa shape index (κ2) is 6.24. The molecule has 98 valence electrons. The van der Waals surface area contributed by atoms with Crippen LogP contribution in [0.3, 0.4) is 0 Å². The summed E-state index contributed by atoms with van der Waals surface area (Å²) in [4.78, 5) is 16.1. The Kier molecular flexibility index (Phi) is 4.41. The number of rotatable bonds is 5. The van der Waals surface area contributed by atoms with E-state index in [2.05, 4.69) is 11.9 Å². The standard InChI is InChI=1S/C14H13NO3S/c1-2-19-11-6-3-5-10(9-11)18-13-12(14(16)17)7-4-8-15-13/h3-9H,2H2,1H3,(H,16,17). The fraction of sp³-hybridized carbons (Fsp3) is 0.143. The lowest BCUT2D eigenvalue weighted by Gasteiger charge is -2.08. The van der Waals surface area contributed by atoms with E-state index in [1.807, 2.05) is 18.2 Å². The number of thioether (sulfide) groups is 1. The first-order valence-electron chi connectivity index (χ1n) is 5.79. The van der Waals surface area contributed by atoms with Crippen LogP contribution in [-0.2, 0) is 0 Å². The van der Waals surface area contributed by atoms with E-state index in [0.717, 1.165) is 10.6 Å². The summed E-state index contributed by atoms with van der Waals surface area (Å²) in [6.07, 6.45) is 1.51. The monoisotopic (exact) mass is 275 g/mol. The second-order valence-electron chi connectivity index (χ2n) is 3.67. The van der Waals surface area contributed by atoms with E-state index in [1.54, 1.807) is 23.9 Å². The maximum atomic E-state index is 11.1. The third kappa shape index (κ3) is 3.48. The van der Waals surface area contributed by atoms with Crippen LogP contribution in [-0.4, -0.2) is 21.8 Å². The lowest BCUT2D eigenvalue weighted by atomic mass is 10.3. The van der Waals surface area contributed by atoms with Crippen LogP contribution in [0.4, 0.5) is 0 Å². The average Bonchev–Trinajstić information content (AvgIpc) is 2.40. The maximum absolute atomic E-state index is 11.1. The van der Waals surface area contributed by atoms with Gasteiger partial charge in [-0.2, -0.15) is 0 Å². The van der Waals surface area contributed by atoms with E-state index in [1.165, 1.54) is 12.3 Å². The second-order valence-corrected chi connectivity index (χ2v) is 5.01. The Balaban J connectivity index is 2.26. The number of hydrogen-bond acceptors (Lipinski definition) is 4. The van der Waals surface area contributed by atoms with Crippen LogP contribution in [0.2, 0.25) is 0 Å². The van der Waals surface area contributed by atoms with Gasteiger partial charge in [0.1, 0.15) is 11.3 Å². The molecule has 0 aliphatic heterocycles. The molecule has 19 heavy (non-hydrogen) atoms. The molecule has 1 aromatic carbocycles. The molecule has 0 fully saturated rings. The van der Waals surface area contributed by atoms with Crippen LogP contribution in [0, 0.1) is 0 Å². The first kappa shape index (κ1) is 13.4. The summed E-state index contributed by atoms with van der Waals surface area (Å²) in [5, 5.41) is 9.06. The molecule has 0 radical (unpaired) electrons. The van der Waals surface area contributed by atoms with Gasteiger partial charge in [0.25, 0.3) is 0 Å². The SMILES string of the molecule is CCSc1cccc(Oc2ncccc2C(=O)O)c1. The number of pyridine rings is 1. The molecule has 0 unspecified atom stereocenters. The van der Waals surface area contributed by atoms with Crippen molar-refractivity contribution in [2.75, 3.05) is 5.75 Å². The highest BCUT2D eigenvalue weighted by Gasteiger charge is 2.12. The third-order valence-corrected chi connectivity index (χ3v) is 3.21. The number of aromatic nitrogens is 1. The first-order valence-corrected chi connectivity index (χ1v) is 6.78. The molecule has 0 bridgehead atoms. The summed E-state index contributed by atoms with van der Waals surface area (Å²) in [6, 6.07) is 10.5. The van der Waals surface area contributed by atoms with Crippen LogP contribution in [0.5, 0.6) is 11.6 Å². The molecule has 0 aliphatic rings. The Morgan fingerprint density at radius 1 is 1.37 bits per heavy atom. The molecule has 4 nitrogen and oxygen atoms in total. The van der Waals surface area contributed by atoms with E-state index in [0.29, 0.717) is 5.75 Å². The third-order valence-electron chi connectivity index (χ3n) is 2.33. The number of benzene rings is 1. The van der Waals surface area contributed by atoms with Gasteiger partial charge in [0, 0.05) is 11.1 Å². The Morgan fingerprint density at radius 3 is 2.95 bits per heavy atom. The van der Waals surface area contributed by atoms with Crippen molar-refractivity contribution in [2.45, 2.75) is 11.8 Å². The zero-order valence-electron chi connectivity index (χ0n) is 10.4. The highest BCUT2D eigenvalue weighted by Crippen LogP contribution is 2.27. The lowest BCUT2D eigenvalue weighted by Crippen LogP contribution is -2.01. The molecule has 1 aromatic heterocycles. The Morgan fingerprint density at radius 2 is 2.21 bits per heavy atom. The minimum absolute atomic E-state index is 0.0519. The van der Waals surface area contributed by atoms with Gasteiger partial charge < -0.3 is 9.84 Å².